The summed E-state index contributed by atoms with van der Waals surface area (Å²) in [5.41, 5.74) is 0.983. The number of amides is 1. The largest absolute Gasteiger partial charge is 0.342 e. The van der Waals surface area contributed by atoms with Crippen LogP contribution in [0.1, 0.15) is 31.2 Å². The summed E-state index contributed by atoms with van der Waals surface area (Å²) >= 11 is 12.2. The molecule has 2 fully saturated rings. The van der Waals surface area contributed by atoms with Crippen molar-refractivity contribution < 1.29 is 13.6 Å². The molecule has 0 N–H and O–H groups in total. The van der Waals surface area contributed by atoms with Crippen molar-refractivity contribution in [2.24, 2.45) is 5.92 Å². The van der Waals surface area contributed by atoms with Gasteiger partial charge in [-0.25, -0.2) is 8.78 Å². The molecule has 1 atom stereocenters. The van der Waals surface area contributed by atoms with Gasteiger partial charge in [0.1, 0.15) is 0 Å². The van der Waals surface area contributed by atoms with Gasteiger partial charge in [0.05, 0.1) is 5.92 Å². The first kappa shape index (κ1) is 18.9. The summed E-state index contributed by atoms with van der Waals surface area (Å²) in [5.74, 6) is -2.73. The van der Waals surface area contributed by atoms with Gasteiger partial charge in [0, 0.05) is 49.1 Å². The third-order valence-electron chi connectivity index (χ3n) is 5.07. The van der Waals surface area contributed by atoms with E-state index in [0.29, 0.717) is 23.1 Å². The normalized spacial score (nSPS) is 24.3. The van der Waals surface area contributed by atoms with E-state index in [1.807, 2.05) is 12.1 Å². The van der Waals surface area contributed by atoms with Crippen LogP contribution in [0.3, 0.4) is 0 Å². The van der Waals surface area contributed by atoms with Crippen LogP contribution in [-0.4, -0.2) is 47.8 Å². The summed E-state index contributed by atoms with van der Waals surface area (Å²) in [6, 6.07) is 5.44. The molecule has 7 heteroatoms. The minimum absolute atomic E-state index is 0.0161. The highest BCUT2D eigenvalue weighted by atomic mass is 35.5. The molecule has 0 saturated carbocycles. The maximum absolute atomic E-state index is 13.3. The Morgan fingerprint density at radius 3 is 2.60 bits per heavy atom. The molecular formula is C18H22Cl2F2N2O. The topological polar surface area (TPSA) is 23.6 Å². The molecule has 1 amide bonds. The molecular weight excluding hydrogens is 369 g/mol. The third kappa shape index (κ3) is 4.83. The number of halogens is 4. The first-order chi connectivity index (χ1) is 11.8. The second kappa shape index (κ2) is 7.77. The van der Waals surface area contributed by atoms with Gasteiger partial charge in [0.25, 0.3) is 5.92 Å². The number of hydrogen-bond acceptors (Lipinski definition) is 2. The summed E-state index contributed by atoms with van der Waals surface area (Å²) in [7, 11) is 0. The highest BCUT2D eigenvalue weighted by Crippen LogP contribution is 2.30. The Morgan fingerprint density at radius 1 is 1.20 bits per heavy atom. The van der Waals surface area contributed by atoms with Crippen LogP contribution in [-0.2, 0) is 11.3 Å². The Labute approximate surface area is 156 Å². The van der Waals surface area contributed by atoms with Crippen molar-refractivity contribution in [2.45, 2.75) is 38.2 Å². The highest BCUT2D eigenvalue weighted by Gasteiger charge is 2.38. The van der Waals surface area contributed by atoms with Crippen LogP contribution < -0.4 is 0 Å². The maximum atomic E-state index is 13.3. The summed E-state index contributed by atoms with van der Waals surface area (Å²) in [6.45, 7) is 2.53. The lowest BCUT2D eigenvalue weighted by molar-refractivity contribution is -0.143. The molecule has 2 saturated heterocycles. The molecule has 138 valence electrons. The SMILES string of the molecule is O=C(C1CCCN(Cc2ccc(Cl)cc2Cl)C1)N1CCC(F)(F)CC1. The van der Waals surface area contributed by atoms with E-state index in [2.05, 4.69) is 4.90 Å². The predicted molar refractivity (Wildman–Crippen MR) is 95.2 cm³/mol. The average molecular weight is 391 g/mol. The molecule has 25 heavy (non-hydrogen) atoms. The summed E-state index contributed by atoms with van der Waals surface area (Å²) in [4.78, 5) is 16.5. The van der Waals surface area contributed by atoms with Gasteiger partial charge >= 0.3 is 0 Å². The second-order valence-electron chi connectivity index (χ2n) is 6.99. The van der Waals surface area contributed by atoms with Crippen LogP contribution in [0.15, 0.2) is 18.2 Å². The number of rotatable bonds is 3. The standard InChI is InChI=1S/C18H22Cl2F2N2O/c19-15-4-3-13(16(20)10-15)11-23-7-1-2-14(12-23)17(25)24-8-5-18(21,22)6-9-24/h3-4,10,14H,1-2,5-9,11-12H2. The smallest absolute Gasteiger partial charge is 0.251 e. The van der Waals surface area contributed by atoms with E-state index in [1.165, 1.54) is 0 Å². The monoisotopic (exact) mass is 390 g/mol. The molecule has 0 spiro atoms. The quantitative estimate of drug-likeness (QED) is 0.760. The molecule has 1 aromatic carbocycles. The Kier molecular flexibility index (Phi) is 5.86. The number of carbonyl (C=O) groups is 1. The Bertz CT molecular complexity index is 632. The van der Waals surface area contributed by atoms with Crippen molar-refractivity contribution in [3.05, 3.63) is 33.8 Å². The van der Waals surface area contributed by atoms with Gasteiger partial charge in [-0.3, -0.25) is 9.69 Å². The summed E-state index contributed by atoms with van der Waals surface area (Å²) in [5, 5.41) is 1.22. The van der Waals surface area contributed by atoms with E-state index in [1.54, 1.807) is 11.0 Å². The molecule has 0 bridgehead atoms. The van der Waals surface area contributed by atoms with E-state index in [-0.39, 0.29) is 37.8 Å². The first-order valence-corrected chi connectivity index (χ1v) is 9.42. The first-order valence-electron chi connectivity index (χ1n) is 8.67. The minimum atomic E-state index is -2.62. The van der Waals surface area contributed by atoms with Crippen LogP contribution >= 0.6 is 23.2 Å². The van der Waals surface area contributed by atoms with Crippen molar-refractivity contribution in [3.63, 3.8) is 0 Å². The lowest BCUT2D eigenvalue weighted by atomic mass is 9.94. The Hall–Kier alpha value is -0.910. The number of hydrogen-bond donors (Lipinski definition) is 0. The maximum Gasteiger partial charge on any atom is 0.251 e. The molecule has 3 nitrogen and oxygen atoms in total. The van der Waals surface area contributed by atoms with Gasteiger partial charge in [0.15, 0.2) is 0 Å². The number of likely N-dealkylation sites (tertiary alicyclic amines) is 2. The van der Waals surface area contributed by atoms with Gasteiger partial charge < -0.3 is 4.90 Å². The van der Waals surface area contributed by atoms with Gasteiger partial charge in [-0.15, -0.1) is 0 Å². The fraction of sp³-hybridized carbons (Fsp3) is 0.611. The fourth-order valence-electron chi connectivity index (χ4n) is 3.60. The number of carbonyl (C=O) groups excluding carboxylic acids is 1. The van der Waals surface area contributed by atoms with Crippen LogP contribution in [0, 0.1) is 5.92 Å². The van der Waals surface area contributed by atoms with E-state index in [0.717, 1.165) is 24.9 Å². The van der Waals surface area contributed by atoms with Crippen molar-refractivity contribution in [2.75, 3.05) is 26.2 Å². The van der Waals surface area contributed by atoms with Crippen LogP contribution in [0.25, 0.3) is 0 Å². The highest BCUT2D eigenvalue weighted by molar-refractivity contribution is 6.35. The van der Waals surface area contributed by atoms with E-state index in [9.17, 15) is 13.6 Å². The molecule has 1 aromatic rings. The summed E-state index contributed by atoms with van der Waals surface area (Å²) < 4.78 is 26.6. The molecule has 2 aliphatic rings. The molecule has 2 aliphatic heterocycles. The molecule has 0 radical (unpaired) electrons. The number of piperidine rings is 2. The minimum Gasteiger partial charge on any atom is -0.342 e. The van der Waals surface area contributed by atoms with Gasteiger partial charge in [-0.2, -0.15) is 0 Å². The molecule has 2 heterocycles. The average Bonchev–Trinajstić information content (AvgIpc) is 2.57. The number of alkyl halides is 2. The van der Waals surface area contributed by atoms with Crippen molar-refractivity contribution in [3.8, 4) is 0 Å². The van der Waals surface area contributed by atoms with Crippen molar-refractivity contribution >= 4 is 29.1 Å². The number of nitrogens with zero attached hydrogens (tertiary/aromatic N) is 2. The van der Waals surface area contributed by atoms with E-state index in [4.69, 9.17) is 23.2 Å². The van der Waals surface area contributed by atoms with Crippen molar-refractivity contribution in [1.29, 1.82) is 0 Å². The Balaban J connectivity index is 1.58. The predicted octanol–water partition coefficient (Wildman–Crippen LogP) is 4.46. The fourth-order valence-corrected chi connectivity index (χ4v) is 4.07. The van der Waals surface area contributed by atoms with E-state index >= 15 is 0 Å². The lowest BCUT2D eigenvalue weighted by Crippen LogP contribution is -2.48. The van der Waals surface area contributed by atoms with E-state index < -0.39 is 5.92 Å². The second-order valence-corrected chi connectivity index (χ2v) is 7.83. The molecule has 1 unspecified atom stereocenters. The van der Waals surface area contributed by atoms with Crippen molar-refractivity contribution in [1.82, 2.24) is 9.80 Å². The van der Waals surface area contributed by atoms with Gasteiger partial charge in [-0.1, -0.05) is 29.3 Å². The zero-order chi connectivity index (χ0) is 18.0. The zero-order valence-corrected chi connectivity index (χ0v) is 15.5. The third-order valence-corrected chi connectivity index (χ3v) is 5.66. The Morgan fingerprint density at radius 2 is 1.92 bits per heavy atom. The zero-order valence-electron chi connectivity index (χ0n) is 14.0. The summed E-state index contributed by atoms with van der Waals surface area (Å²) in [6.07, 6.45) is 1.29. The van der Waals surface area contributed by atoms with Gasteiger partial charge in [0.2, 0.25) is 5.91 Å². The van der Waals surface area contributed by atoms with Crippen LogP contribution in [0.2, 0.25) is 10.0 Å². The number of benzene rings is 1. The molecule has 0 aliphatic carbocycles. The van der Waals surface area contributed by atoms with Gasteiger partial charge in [-0.05, 0) is 37.1 Å². The van der Waals surface area contributed by atoms with Crippen LogP contribution in [0.4, 0.5) is 8.78 Å². The molecule has 0 aromatic heterocycles. The lowest BCUT2D eigenvalue weighted by Gasteiger charge is -2.37. The molecule has 3 rings (SSSR count). The van der Waals surface area contributed by atoms with Crippen LogP contribution in [0.5, 0.6) is 0 Å².